The lowest BCUT2D eigenvalue weighted by atomic mass is 9.93. The van der Waals surface area contributed by atoms with Crippen LogP contribution in [0.15, 0.2) is 53.6 Å². The maximum absolute atomic E-state index is 15.3. The summed E-state index contributed by atoms with van der Waals surface area (Å²) < 4.78 is 18.8. The summed E-state index contributed by atoms with van der Waals surface area (Å²) in [5.41, 5.74) is 5.98. The van der Waals surface area contributed by atoms with Crippen LogP contribution in [0.5, 0.6) is 0 Å². The molecule has 2 aliphatic heterocycles. The maximum Gasteiger partial charge on any atom is 0.274 e. The molecule has 1 aromatic carbocycles. The second kappa shape index (κ2) is 11.3. The summed E-state index contributed by atoms with van der Waals surface area (Å²) in [6.45, 7) is 5.83. The van der Waals surface area contributed by atoms with E-state index in [1.165, 1.54) is 33.5 Å². The summed E-state index contributed by atoms with van der Waals surface area (Å²) in [5, 5.41) is 13.7. The van der Waals surface area contributed by atoms with E-state index in [1.54, 1.807) is 24.2 Å². The number of benzene rings is 1. The minimum Gasteiger partial charge on any atom is -0.392 e. The van der Waals surface area contributed by atoms with Crippen molar-refractivity contribution >= 4 is 23.1 Å². The normalized spacial score (nSPS) is 16.9. The molecule has 0 spiro atoms. The lowest BCUT2D eigenvalue weighted by molar-refractivity contribution is 0.0964. The molecule has 5 heterocycles. The fraction of sp³-hybridized carbons (Fsp3) is 0.382. The van der Waals surface area contributed by atoms with Crippen LogP contribution in [0.1, 0.15) is 58.6 Å². The van der Waals surface area contributed by atoms with E-state index in [1.807, 2.05) is 24.4 Å². The van der Waals surface area contributed by atoms with Crippen molar-refractivity contribution in [3.8, 4) is 11.1 Å². The third-order valence-corrected chi connectivity index (χ3v) is 9.48. The number of aliphatic hydroxyl groups excluding tert-OH is 1. The van der Waals surface area contributed by atoms with Crippen molar-refractivity contribution in [3.63, 3.8) is 0 Å². The first kappa shape index (κ1) is 28.5. The van der Waals surface area contributed by atoms with Crippen LogP contribution in [-0.4, -0.2) is 56.2 Å². The van der Waals surface area contributed by atoms with E-state index < -0.39 is 12.4 Å². The third-order valence-electron chi connectivity index (χ3n) is 9.48. The van der Waals surface area contributed by atoms with E-state index in [9.17, 15) is 14.7 Å². The topological polar surface area (TPSA) is 95.6 Å². The average molecular weight is 597 g/mol. The molecule has 0 radical (unpaired) electrons. The molecular weight excluding hydrogens is 559 g/mol. The van der Waals surface area contributed by atoms with Gasteiger partial charge in [-0.2, -0.15) is 0 Å². The Kier molecular flexibility index (Phi) is 7.34. The van der Waals surface area contributed by atoms with Gasteiger partial charge in [0, 0.05) is 68.4 Å². The number of hydrogen-bond acceptors (Lipinski definition) is 6. The molecule has 1 fully saturated rings. The number of anilines is 3. The summed E-state index contributed by atoms with van der Waals surface area (Å²) in [4.78, 5) is 35.4. The van der Waals surface area contributed by atoms with E-state index in [0.29, 0.717) is 52.9 Å². The molecule has 7 rings (SSSR count). The van der Waals surface area contributed by atoms with Crippen LogP contribution < -0.4 is 15.8 Å². The molecule has 9 nitrogen and oxygen atoms in total. The van der Waals surface area contributed by atoms with Crippen molar-refractivity contribution in [1.82, 2.24) is 19.0 Å². The number of nitrogens with zero attached hydrogens (tertiary/aromatic N) is 5. The van der Waals surface area contributed by atoms with Gasteiger partial charge in [0.05, 0.1) is 12.3 Å². The number of rotatable bonds is 7. The highest BCUT2D eigenvalue weighted by molar-refractivity contribution is 6.07. The number of pyridine rings is 2. The highest BCUT2D eigenvalue weighted by atomic mass is 19.1. The molecule has 228 valence electrons. The van der Waals surface area contributed by atoms with Crippen LogP contribution in [-0.2, 0) is 33.0 Å². The first-order valence-corrected chi connectivity index (χ1v) is 15.5. The first-order chi connectivity index (χ1) is 21.3. The van der Waals surface area contributed by atoms with Crippen LogP contribution in [0.4, 0.5) is 21.6 Å². The monoisotopic (exact) mass is 596 g/mol. The van der Waals surface area contributed by atoms with Crippen LogP contribution in [0, 0.1) is 5.82 Å². The molecule has 0 atom stereocenters. The molecule has 0 unspecified atom stereocenters. The Morgan fingerprint density at radius 3 is 2.64 bits per heavy atom. The smallest absolute Gasteiger partial charge is 0.274 e. The van der Waals surface area contributed by atoms with Gasteiger partial charge < -0.3 is 29.4 Å². The van der Waals surface area contributed by atoms with E-state index in [2.05, 4.69) is 26.7 Å². The van der Waals surface area contributed by atoms with Gasteiger partial charge in [0.25, 0.3) is 11.5 Å². The van der Waals surface area contributed by atoms with Gasteiger partial charge in [-0.05, 0) is 79.3 Å². The Bertz CT molecular complexity index is 1810. The quantitative estimate of drug-likeness (QED) is 0.324. The highest BCUT2D eigenvalue weighted by Crippen LogP contribution is 2.37. The number of amides is 1. The fourth-order valence-corrected chi connectivity index (χ4v) is 7.00. The molecule has 2 N–H and O–H groups in total. The summed E-state index contributed by atoms with van der Waals surface area (Å²) in [6, 6.07) is 10.2. The molecule has 1 saturated heterocycles. The number of aliphatic hydroxyl groups is 1. The van der Waals surface area contributed by atoms with Crippen molar-refractivity contribution in [1.29, 1.82) is 0 Å². The molecule has 1 amide bonds. The second-order valence-corrected chi connectivity index (χ2v) is 12.1. The average Bonchev–Trinajstić information content (AvgIpc) is 3.39. The SMILES string of the molecule is CCN1CC(c2ccc(Nc3cc(-c4cc(F)cc(N5CCn6c(cc7c6CCCC7)C5=O)c4CO)cn(C)c3=O)nc2)C1. The van der Waals surface area contributed by atoms with E-state index >= 15 is 4.39 Å². The molecule has 1 aliphatic carbocycles. The molecule has 0 bridgehead atoms. The Labute approximate surface area is 255 Å². The molecule has 0 saturated carbocycles. The predicted octanol–water partition coefficient (Wildman–Crippen LogP) is 4.58. The number of carbonyl (C=O) groups is 1. The van der Waals surface area contributed by atoms with Crippen molar-refractivity contribution in [2.75, 3.05) is 36.4 Å². The summed E-state index contributed by atoms with van der Waals surface area (Å²) in [6.07, 6.45) is 7.64. The Balaban J connectivity index is 1.21. The Morgan fingerprint density at radius 2 is 1.89 bits per heavy atom. The minimum atomic E-state index is -0.529. The summed E-state index contributed by atoms with van der Waals surface area (Å²) in [5.74, 6) is 0.270. The van der Waals surface area contributed by atoms with E-state index in [4.69, 9.17) is 0 Å². The number of aryl methyl sites for hydroxylation is 2. The molecular formula is C34H37FN6O3. The van der Waals surface area contributed by atoms with Gasteiger partial charge in [-0.15, -0.1) is 0 Å². The molecule has 3 aliphatic rings. The van der Waals surface area contributed by atoms with Crippen molar-refractivity contribution < 1.29 is 14.3 Å². The van der Waals surface area contributed by atoms with Crippen LogP contribution in [0.25, 0.3) is 11.1 Å². The van der Waals surface area contributed by atoms with Gasteiger partial charge in [-0.3, -0.25) is 9.59 Å². The number of likely N-dealkylation sites (tertiary alicyclic amines) is 1. The fourth-order valence-electron chi connectivity index (χ4n) is 7.00. The predicted molar refractivity (Wildman–Crippen MR) is 168 cm³/mol. The highest BCUT2D eigenvalue weighted by Gasteiger charge is 2.32. The van der Waals surface area contributed by atoms with Gasteiger partial charge >= 0.3 is 0 Å². The van der Waals surface area contributed by atoms with Gasteiger partial charge in [-0.1, -0.05) is 13.0 Å². The standard InChI is InChI=1S/C34H37FN6O3/c1-3-39-18-24(19-39)22-8-9-32(36-16-22)37-28-12-23(17-38(2)33(28)43)26-14-25(35)15-30(27(26)20-42)41-11-10-40-29-7-5-4-6-21(29)13-31(40)34(41)44/h8-9,12-17,24,42H,3-7,10-11,18-20H2,1-2H3,(H,36,37). The lowest BCUT2D eigenvalue weighted by Crippen LogP contribution is -2.44. The number of fused-ring (bicyclic) bond motifs is 3. The second-order valence-electron chi connectivity index (χ2n) is 12.1. The number of likely N-dealkylation sites (N-methyl/N-ethyl adjacent to an activating group) is 1. The number of carbonyl (C=O) groups excluding carboxylic acids is 1. The van der Waals surface area contributed by atoms with E-state index in [0.717, 1.165) is 45.3 Å². The van der Waals surface area contributed by atoms with Crippen LogP contribution in [0.2, 0.25) is 0 Å². The zero-order valence-electron chi connectivity index (χ0n) is 25.1. The maximum atomic E-state index is 15.3. The number of halogens is 1. The minimum absolute atomic E-state index is 0.196. The number of hydrogen-bond donors (Lipinski definition) is 2. The van der Waals surface area contributed by atoms with Gasteiger partial charge in [0.15, 0.2) is 0 Å². The largest absolute Gasteiger partial charge is 0.392 e. The summed E-state index contributed by atoms with van der Waals surface area (Å²) in [7, 11) is 1.63. The van der Waals surface area contributed by atoms with Gasteiger partial charge in [-0.25, -0.2) is 9.37 Å². The molecule has 10 heteroatoms. The number of aromatic nitrogens is 3. The van der Waals surface area contributed by atoms with Crippen molar-refractivity contribution in [2.24, 2.45) is 7.05 Å². The van der Waals surface area contributed by atoms with Gasteiger partial charge in [0.1, 0.15) is 23.0 Å². The van der Waals surface area contributed by atoms with Crippen LogP contribution in [0.3, 0.4) is 0 Å². The zero-order valence-corrected chi connectivity index (χ0v) is 25.1. The van der Waals surface area contributed by atoms with Crippen LogP contribution >= 0.6 is 0 Å². The lowest BCUT2D eigenvalue weighted by Gasteiger charge is -2.38. The van der Waals surface area contributed by atoms with E-state index in [-0.39, 0.29) is 17.2 Å². The van der Waals surface area contributed by atoms with Crippen molar-refractivity contribution in [3.05, 3.63) is 93.0 Å². The molecule has 4 aromatic rings. The third kappa shape index (κ3) is 4.92. The Morgan fingerprint density at radius 1 is 1.07 bits per heavy atom. The zero-order chi connectivity index (χ0) is 30.5. The molecule has 3 aromatic heterocycles. The van der Waals surface area contributed by atoms with Crippen molar-refractivity contribution in [2.45, 2.75) is 51.7 Å². The summed E-state index contributed by atoms with van der Waals surface area (Å²) >= 11 is 0. The van der Waals surface area contributed by atoms with Gasteiger partial charge in [0.2, 0.25) is 0 Å². The first-order valence-electron chi connectivity index (χ1n) is 15.5. The molecule has 44 heavy (non-hydrogen) atoms. The Hall–Kier alpha value is -4.28. The number of nitrogens with one attached hydrogen (secondary N) is 1.